The van der Waals surface area contributed by atoms with E-state index in [-0.39, 0.29) is 31.1 Å². The van der Waals surface area contributed by atoms with E-state index < -0.39 is 6.10 Å². The fourth-order valence-corrected chi connectivity index (χ4v) is 7.69. The maximum atomic E-state index is 12.7. The summed E-state index contributed by atoms with van der Waals surface area (Å²) in [6.45, 7) is 6.44. The molecule has 0 aliphatic heterocycles. The van der Waals surface area contributed by atoms with Crippen LogP contribution in [-0.4, -0.2) is 37.2 Å². The van der Waals surface area contributed by atoms with Crippen molar-refractivity contribution in [3.05, 3.63) is 109 Å². The zero-order valence-corrected chi connectivity index (χ0v) is 45.5. The molecule has 0 spiro atoms. The first-order valence-corrected chi connectivity index (χ1v) is 28.9. The number of rotatable bonds is 51. The summed E-state index contributed by atoms with van der Waals surface area (Å²) in [6, 6.07) is 0. The Balaban J connectivity index is 4.11. The first-order valence-electron chi connectivity index (χ1n) is 28.9. The van der Waals surface area contributed by atoms with E-state index in [0.717, 1.165) is 128 Å². The zero-order valence-electron chi connectivity index (χ0n) is 45.5. The van der Waals surface area contributed by atoms with Crippen molar-refractivity contribution < 1.29 is 28.6 Å². The van der Waals surface area contributed by atoms with Crippen LogP contribution in [0.1, 0.15) is 258 Å². The fraction of sp³-hybridized carbons (Fsp3) is 0.672. The minimum absolute atomic E-state index is 0.0831. The molecule has 0 aromatic rings. The molecule has 0 aromatic heterocycles. The standard InChI is InChI=1S/C64H106O6/c1-4-7-10-13-16-18-20-22-23-24-25-26-27-28-29-30-31-32-33-34-35-36-37-38-39-40-41-42-44-45-48-51-54-57-63(66)69-60-61(59-68-62(65)56-53-50-47-15-12-9-6-3)70-64(67)58-55-52-49-46-43-21-19-17-14-11-8-5-2/h7,10,16-19,22-23,25-26,28-29,31-32,34-35,37-38,61H,4-6,8-9,11-15,20-21,24,27,30,33,36,39-60H2,1-3H3/b10-7-,18-16-,19-17-,23-22-,26-25-,29-28-,32-31-,35-34-,38-37-. The van der Waals surface area contributed by atoms with Crippen molar-refractivity contribution >= 4 is 17.9 Å². The SMILES string of the molecule is CC/C=C\C/C=C\C/C=C\C/C=C\C/C=C\C/C=C\C/C=C\C/C=C\CCCCCCCCCCC(=O)OCC(COC(=O)CCCCCCCCC)OC(=O)CCCCCCC/C=C\CCCCC. The van der Waals surface area contributed by atoms with Gasteiger partial charge in [-0.15, -0.1) is 0 Å². The highest BCUT2D eigenvalue weighted by Gasteiger charge is 2.19. The first kappa shape index (κ1) is 66.1. The molecule has 0 N–H and O–H groups in total. The Morgan fingerprint density at radius 2 is 0.557 bits per heavy atom. The number of carbonyl (C=O) groups excluding carboxylic acids is 3. The molecule has 0 fully saturated rings. The predicted octanol–water partition coefficient (Wildman–Crippen LogP) is 19.5. The molecule has 1 atom stereocenters. The molecule has 0 amide bonds. The molecule has 6 nitrogen and oxygen atoms in total. The molecule has 0 aliphatic carbocycles. The van der Waals surface area contributed by atoms with Crippen LogP contribution < -0.4 is 0 Å². The van der Waals surface area contributed by atoms with Crippen molar-refractivity contribution in [3.63, 3.8) is 0 Å². The van der Waals surface area contributed by atoms with Gasteiger partial charge in [0.1, 0.15) is 13.2 Å². The van der Waals surface area contributed by atoms with E-state index >= 15 is 0 Å². The van der Waals surface area contributed by atoms with E-state index in [1.165, 1.54) is 89.9 Å². The lowest BCUT2D eigenvalue weighted by Gasteiger charge is -2.18. The Morgan fingerprint density at radius 1 is 0.300 bits per heavy atom. The molecule has 0 rings (SSSR count). The summed E-state index contributed by atoms with van der Waals surface area (Å²) < 4.78 is 16.7. The highest BCUT2D eigenvalue weighted by Crippen LogP contribution is 2.14. The van der Waals surface area contributed by atoms with E-state index in [9.17, 15) is 14.4 Å². The van der Waals surface area contributed by atoms with Gasteiger partial charge in [0.15, 0.2) is 6.10 Å². The van der Waals surface area contributed by atoms with Crippen molar-refractivity contribution in [2.45, 2.75) is 264 Å². The smallest absolute Gasteiger partial charge is 0.306 e. The lowest BCUT2D eigenvalue weighted by atomic mass is 10.1. The molecule has 0 saturated carbocycles. The van der Waals surface area contributed by atoms with Gasteiger partial charge in [-0.2, -0.15) is 0 Å². The summed E-state index contributed by atoms with van der Waals surface area (Å²) in [5, 5.41) is 0. The van der Waals surface area contributed by atoms with Gasteiger partial charge in [-0.1, -0.05) is 239 Å². The van der Waals surface area contributed by atoms with Crippen LogP contribution in [-0.2, 0) is 28.6 Å². The number of ether oxygens (including phenoxy) is 3. The van der Waals surface area contributed by atoms with Crippen molar-refractivity contribution in [1.29, 1.82) is 0 Å². The van der Waals surface area contributed by atoms with E-state index in [1.807, 2.05) is 0 Å². The minimum Gasteiger partial charge on any atom is -0.462 e. The fourth-order valence-electron chi connectivity index (χ4n) is 7.69. The number of esters is 3. The molecule has 0 bridgehead atoms. The normalized spacial score (nSPS) is 12.9. The molecule has 0 saturated heterocycles. The van der Waals surface area contributed by atoms with Crippen LogP contribution in [0.25, 0.3) is 0 Å². The second kappa shape index (κ2) is 57.6. The lowest BCUT2D eigenvalue weighted by Crippen LogP contribution is -2.30. The molecule has 0 radical (unpaired) electrons. The zero-order chi connectivity index (χ0) is 50.7. The number of hydrogen-bond acceptors (Lipinski definition) is 6. The van der Waals surface area contributed by atoms with Crippen LogP contribution in [0.2, 0.25) is 0 Å². The second-order valence-electron chi connectivity index (χ2n) is 18.8. The number of carbonyl (C=O) groups is 3. The average Bonchev–Trinajstić information content (AvgIpc) is 3.36. The van der Waals surface area contributed by atoms with Crippen LogP contribution in [0.4, 0.5) is 0 Å². The second-order valence-corrected chi connectivity index (χ2v) is 18.8. The molecule has 6 heteroatoms. The van der Waals surface area contributed by atoms with Crippen molar-refractivity contribution in [1.82, 2.24) is 0 Å². The molecular formula is C64H106O6. The van der Waals surface area contributed by atoms with Crippen molar-refractivity contribution in [2.75, 3.05) is 13.2 Å². The summed E-state index contributed by atoms with van der Waals surface area (Å²) in [4.78, 5) is 37.8. The number of unbranched alkanes of at least 4 members (excludes halogenated alkanes) is 22. The van der Waals surface area contributed by atoms with Crippen molar-refractivity contribution in [2.24, 2.45) is 0 Å². The molecule has 0 aromatic carbocycles. The summed E-state index contributed by atoms with van der Waals surface area (Å²) in [6.07, 6.45) is 78.2. The highest BCUT2D eigenvalue weighted by atomic mass is 16.6. The molecule has 70 heavy (non-hydrogen) atoms. The maximum Gasteiger partial charge on any atom is 0.306 e. The van der Waals surface area contributed by atoms with Gasteiger partial charge in [0.05, 0.1) is 0 Å². The Hall–Kier alpha value is -3.93. The van der Waals surface area contributed by atoms with Gasteiger partial charge >= 0.3 is 17.9 Å². The van der Waals surface area contributed by atoms with E-state index in [0.29, 0.717) is 19.3 Å². The first-order chi connectivity index (χ1) is 34.5. The van der Waals surface area contributed by atoms with Crippen LogP contribution >= 0.6 is 0 Å². The molecule has 0 aliphatic rings. The average molecular weight is 972 g/mol. The van der Waals surface area contributed by atoms with E-state index in [2.05, 4.69) is 130 Å². The van der Waals surface area contributed by atoms with Crippen LogP contribution in [0, 0.1) is 0 Å². The van der Waals surface area contributed by atoms with Crippen LogP contribution in [0.5, 0.6) is 0 Å². The number of allylic oxidation sites excluding steroid dienone is 18. The molecule has 1 unspecified atom stereocenters. The third-order valence-electron chi connectivity index (χ3n) is 12.0. The summed E-state index contributed by atoms with van der Waals surface area (Å²) in [5.74, 6) is -0.909. The number of hydrogen-bond donors (Lipinski definition) is 0. The van der Waals surface area contributed by atoms with Gasteiger partial charge in [-0.05, 0) is 109 Å². The molecule has 398 valence electrons. The quantitative estimate of drug-likeness (QED) is 0.0262. The van der Waals surface area contributed by atoms with E-state index in [4.69, 9.17) is 14.2 Å². The molecular weight excluding hydrogens is 865 g/mol. The Kier molecular flexibility index (Phi) is 54.4. The maximum absolute atomic E-state index is 12.7. The largest absolute Gasteiger partial charge is 0.462 e. The van der Waals surface area contributed by atoms with Gasteiger partial charge in [0.2, 0.25) is 0 Å². The Labute approximate surface area is 431 Å². The van der Waals surface area contributed by atoms with Crippen LogP contribution in [0.15, 0.2) is 109 Å². The highest BCUT2D eigenvalue weighted by molar-refractivity contribution is 5.71. The minimum atomic E-state index is -0.782. The Bertz CT molecular complexity index is 1440. The third-order valence-corrected chi connectivity index (χ3v) is 12.0. The van der Waals surface area contributed by atoms with E-state index in [1.54, 1.807) is 0 Å². The van der Waals surface area contributed by atoms with Crippen molar-refractivity contribution in [3.8, 4) is 0 Å². The lowest BCUT2D eigenvalue weighted by molar-refractivity contribution is -0.167. The third kappa shape index (κ3) is 55.0. The monoisotopic (exact) mass is 971 g/mol. The topological polar surface area (TPSA) is 78.9 Å². The molecule has 0 heterocycles. The summed E-state index contributed by atoms with van der Waals surface area (Å²) >= 11 is 0. The van der Waals surface area contributed by atoms with Gasteiger partial charge in [0.25, 0.3) is 0 Å². The van der Waals surface area contributed by atoms with Crippen LogP contribution in [0.3, 0.4) is 0 Å². The van der Waals surface area contributed by atoms with Gasteiger partial charge < -0.3 is 14.2 Å². The summed E-state index contributed by atoms with van der Waals surface area (Å²) in [5.41, 5.74) is 0. The summed E-state index contributed by atoms with van der Waals surface area (Å²) in [7, 11) is 0. The van der Waals surface area contributed by atoms with Gasteiger partial charge in [-0.25, -0.2) is 0 Å². The predicted molar refractivity (Wildman–Crippen MR) is 302 cm³/mol. The van der Waals surface area contributed by atoms with Gasteiger partial charge in [-0.3, -0.25) is 14.4 Å². The Morgan fingerprint density at radius 3 is 0.914 bits per heavy atom. The van der Waals surface area contributed by atoms with Gasteiger partial charge in [0, 0.05) is 19.3 Å².